The molecule has 0 unspecified atom stereocenters. The number of pyridine rings is 2. The van der Waals surface area contributed by atoms with Gasteiger partial charge in [-0.15, -0.1) is 0 Å². The zero-order valence-electron chi connectivity index (χ0n) is 15.9. The van der Waals surface area contributed by atoms with Gasteiger partial charge in [-0.2, -0.15) is 5.26 Å². The van der Waals surface area contributed by atoms with Crippen LogP contribution < -0.4 is 10.1 Å². The molecule has 0 aliphatic rings. The maximum atomic E-state index is 9.68. The van der Waals surface area contributed by atoms with Crippen molar-refractivity contribution in [3.8, 4) is 17.7 Å². The first kappa shape index (κ1) is 18.7. The van der Waals surface area contributed by atoms with Gasteiger partial charge in [-0.05, 0) is 58.2 Å². The van der Waals surface area contributed by atoms with E-state index < -0.39 is 0 Å². The van der Waals surface area contributed by atoms with Crippen molar-refractivity contribution in [2.45, 2.75) is 60.4 Å². The third-order valence-corrected chi connectivity index (χ3v) is 4.23. The van der Waals surface area contributed by atoms with Gasteiger partial charge in [-0.25, -0.2) is 4.98 Å². The number of anilines is 1. The molecule has 0 aliphatic carbocycles. The predicted octanol–water partition coefficient (Wildman–Crippen LogP) is 4.97. The van der Waals surface area contributed by atoms with Crippen molar-refractivity contribution in [2.24, 2.45) is 0 Å². The summed E-state index contributed by atoms with van der Waals surface area (Å²) in [5.74, 6) is 0.987. The van der Waals surface area contributed by atoms with Crippen LogP contribution in [0.25, 0.3) is 0 Å². The minimum Gasteiger partial charge on any atom is -0.435 e. The van der Waals surface area contributed by atoms with Crippen molar-refractivity contribution in [1.82, 2.24) is 9.97 Å². The molecular weight excluding hydrogens is 312 g/mol. The molecule has 25 heavy (non-hydrogen) atoms. The molecule has 2 aromatic heterocycles. The topological polar surface area (TPSA) is 70.8 Å². The van der Waals surface area contributed by atoms with Crippen molar-refractivity contribution in [3.63, 3.8) is 0 Å². The summed E-state index contributed by atoms with van der Waals surface area (Å²) in [6.45, 7) is 12.0. The van der Waals surface area contributed by atoms with Crippen LogP contribution in [0, 0.1) is 39.0 Å². The molecule has 2 aromatic rings. The van der Waals surface area contributed by atoms with Gasteiger partial charge in [-0.3, -0.25) is 4.98 Å². The Labute approximate surface area is 150 Å². The molecule has 5 heteroatoms. The molecule has 132 valence electrons. The summed E-state index contributed by atoms with van der Waals surface area (Å²) in [7, 11) is 0. The van der Waals surface area contributed by atoms with E-state index in [0.717, 1.165) is 41.2 Å². The molecule has 0 amide bonds. The number of nitriles is 1. The van der Waals surface area contributed by atoms with E-state index in [1.165, 1.54) is 0 Å². The zero-order chi connectivity index (χ0) is 18.6. The number of rotatable bonds is 6. The average Bonchev–Trinajstić information content (AvgIpc) is 2.55. The van der Waals surface area contributed by atoms with E-state index in [1.54, 1.807) is 0 Å². The number of nitrogens with zero attached hydrogens (tertiary/aromatic N) is 3. The van der Waals surface area contributed by atoms with Crippen molar-refractivity contribution in [2.75, 3.05) is 5.32 Å². The zero-order valence-corrected chi connectivity index (χ0v) is 15.9. The standard InChI is InChI=1S/C20H26N4O/c1-7-16(8-2)24-18-10-14(5)23-20(17(18)11-21)25-19-12(3)9-13(4)22-15(19)6/h9-10,16H,7-8H2,1-6H3,(H,23,24). The van der Waals surface area contributed by atoms with Gasteiger partial charge in [0.2, 0.25) is 5.88 Å². The number of hydrogen-bond acceptors (Lipinski definition) is 5. The van der Waals surface area contributed by atoms with E-state index in [1.807, 2.05) is 39.8 Å². The maximum absolute atomic E-state index is 9.68. The van der Waals surface area contributed by atoms with Gasteiger partial charge in [0.15, 0.2) is 5.75 Å². The van der Waals surface area contributed by atoms with E-state index >= 15 is 0 Å². The summed E-state index contributed by atoms with van der Waals surface area (Å²) < 4.78 is 6.05. The first-order valence-corrected chi connectivity index (χ1v) is 8.70. The molecular formula is C20H26N4O. The minimum absolute atomic E-state index is 0.311. The highest BCUT2D eigenvalue weighted by molar-refractivity contribution is 5.63. The normalized spacial score (nSPS) is 10.6. The van der Waals surface area contributed by atoms with Crippen LogP contribution in [0.2, 0.25) is 0 Å². The largest absolute Gasteiger partial charge is 0.435 e. The number of aromatic nitrogens is 2. The van der Waals surface area contributed by atoms with Crippen molar-refractivity contribution >= 4 is 5.69 Å². The van der Waals surface area contributed by atoms with Crippen LogP contribution in [-0.2, 0) is 0 Å². The molecule has 2 rings (SSSR count). The Morgan fingerprint density at radius 2 is 1.72 bits per heavy atom. The Kier molecular flexibility index (Phi) is 5.97. The van der Waals surface area contributed by atoms with Crippen LogP contribution >= 0.6 is 0 Å². The van der Waals surface area contributed by atoms with Crippen LogP contribution in [-0.4, -0.2) is 16.0 Å². The molecule has 0 aliphatic heterocycles. The van der Waals surface area contributed by atoms with Gasteiger partial charge >= 0.3 is 0 Å². The monoisotopic (exact) mass is 338 g/mol. The minimum atomic E-state index is 0.311. The first-order chi connectivity index (χ1) is 11.9. The fourth-order valence-corrected chi connectivity index (χ4v) is 2.92. The van der Waals surface area contributed by atoms with E-state index in [9.17, 15) is 5.26 Å². The fourth-order valence-electron chi connectivity index (χ4n) is 2.92. The fraction of sp³-hybridized carbons (Fsp3) is 0.450. The second-order valence-electron chi connectivity index (χ2n) is 6.36. The first-order valence-electron chi connectivity index (χ1n) is 8.70. The summed E-state index contributed by atoms with van der Waals surface area (Å²) in [6.07, 6.45) is 1.97. The molecule has 0 atom stereocenters. The van der Waals surface area contributed by atoms with Gasteiger partial charge in [0, 0.05) is 17.4 Å². The second kappa shape index (κ2) is 7.98. The van der Waals surface area contributed by atoms with Crippen LogP contribution in [0.4, 0.5) is 5.69 Å². The van der Waals surface area contributed by atoms with Crippen LogP contribution in [0.1, 0.15) is 54.9 Å². The molecule has 0 spiro atoms. The lowest BCUT2D eigenvalue weighted by atomic mass is 10.1. The van der Waals surface area contributed by atoms with Crippen LogP contribution in [0.15, 0.2) is 12.1 Å². The molecule has 2 heterocycles. The Morgan fingerprint density at radius 3 is 2.28 bits per heavy atom. The quantitative estimate of drug-likeness (QED) is 0.804. The highest BCUT2D eigenvalue weighted by atomic mass is 16.5. The Balaban J connectivity index is 2.48. The van der Waals surface area contributed by atoms with Crippen molar-refractivity contribution in [3.05, 3.63) is 40.3 Å². The lowest BCUT2D eigenvalue weighted by Crippen LogP contribution is -2.18. The summed E-state index contributed by atoms with van der Waals surface area (Å²) in [5, 5.41) is 13.1. The lowest BCUT2D eigenvalue weighted by molar-refractivity contribution is 0.450. The molecule has 5 nitrogen and oxygen atoms in total. The lowest BCUT2D eigenvalue weighted by Gasteiger charge is -2.19. The van der Waals surface area contributed by atoms with E-state index in [2.05, 4.69) is 35.2 Å². The van der Waals surface area contributed by atoms with Crippen LogP contribution in [0.3, 0.4) is 0 Å². The third kappa shape index (κ3) is 4.27. The average molecular weight is 338 g/mol. The van der Waals surface area contributed by atoms with Crippen LogP contribution in [0.5, 0.6) is 11.6 Å². The van der Waals surface area contributed by atoms with Crippen molar-refractivity contribution < 1.29 is 4.74 Å². The molecule has 1 N–H and O–H groups in total. The highest BCUT2D eigenvalue weighted by Gasteiger charge is 2.18. The van der Waals surface area contributed by atoms with Gasteiger partial charge in [-0.1, -0.05) is 13.8 Å². The Morgan fingerprint density at radius 1 is 1.08 bits per heavy atom. The number of aryl methyl sites for hydroxylation is 4. The highest BCUT2D eigenvalue weighted by Crippen LogP contribution is 2.33. The number of hydrogen-bond donors (Lipinski definition) is 1. The summed E-state index contributed by atoms with van der Waals surface area (Å²) in [5.41, 5.74) is 4.71. The summed E-state index contributed by atoms with van der Waals surface area (Å²) in [4.78, 5) is 8.91. The maximum Gasteiger partial charge on any atom is 0.239 e. The van der Waals surface area contributed by atoms with Gasteiger partial charge < -0.3 is 10.1 Å². The molecule has 0 bridgehead atoms. The van der Waals surface area contributed by atoms with E-state index in [-0.39, 0.29) is 0 Å². The SMILES string of the molecule is CCC(CC)Nc1cc(C)nc(Oc2c(C)cc(C)nc2C)c1C#N. The van der Waals surface area contributed by atoms with Crippen molar-refractivity contribution in [1.29, 1.82) is 5.26 Å². The Bertz CT molecular complexity index is 781. The van der Waals surface area contributed by atoms with Gasteiger partial charge in [0.1, 0.15) is 11.6 Å². The molecule has 0 saturated carbocycles. The second-order valence-corrected chi connectivity index (χ2v) is 6.36. The van der Waals surface area contributed by atoms with E-state index in [0.29, 0.717) is 23.2 Å². The number of ether oxygens (including phenoxy) is 1. The van der Waals surface area contributed by atoms with Gasteiger partial charge in [0.25, 0.3) is 0 Å². The molecule has 0 saturated heterocycles. The summed E-state index contributed by atoms with van der Waals surface area (Å²) in [6, 6.07) is 6.42. The summed E-state index contributed by atoms with van der Waals surface area (Å²) >= 11 is 0. The number of nitrogens with one attached hydrogen (secondary N) is 1. The molecule has 0 aromatic carbocycles. The Hall–Kier alpha value is -2.61. The third-order valence-electron chi connectivity index (χ3n) is 4.23. The molecule has 0 fully saturated rings. The smallest absolute Gasteiger partial charge is 0.239 e. The molecule has 0 radical (unpaired) electrons. The predicted molar refractivity (Wildman–Crippen MR) is 100 cm³/mol. The van der Waals surface area contributed by atoms with E-state index in [4.69, 9.17) is 4.74 Å². The van der Waals surface area contributed by atoms with Gasteiger partial charge in [0.05, 0.1) is 11.4 Å².